The molecule has 0 heterocycles. The highest BCUT2D eigenvalue weighted by atomic mass is 16.1. The maximum absolute atomic E-state index is 12.1. The Hall–Kier alpha value is -3.86. The highest BCUT2D eigenvalue weighted by molar-refractivity contribution is 6.23. The number of amides is 1. The summed E-state index contributed by atoms with van der Waals surface area (Å²) in [7, 11) is 0. The van der Waals surface area contributed by atoms with Gasteiger partial charge in [-0.25, -0.2) is 0 Å². The van der Waals surface area contributed by atoms with E-state index in [0.29, 0.717) is 39.6 Å². The lowest BCUT2D eigenvalue weighted by atomic mass is 9.68. The molecule has 3 aromatic rings. The Bertz CT molecular complexity index is 1300. The average Bonchev–Trinajstić information content (AvgIpc) is 2.76. The van der Waals surface area contributed by atoms with E-state index in [4.69, 9.17) is 5.73 Å². The van der Waals surface area contributed by atoms with Gasteiger partial charge in [0.2, 0.25) is 5.91 Å². The van der Waals surface area contributed by atoms with Crippen LogP contribution in [0.5, 0.6) is 0 Å². The van der Waals surface area contributed by atoms with Crippen LogP contribution in [0.3, 0.4) is 0 Å². The normalized spacial score (nSPS) is 16.0. The minimum absolute atomic E-state index is 0.0967. The number of primary amides is 1. The molecule has 5 rings (SSSR count). The molecule has 2 aliphatic carbocycles. The molecule has 0 bridgehead atoms. The van der Waals surface area contributed by atoms with Crippen molar-refractivity contribution in [1.82, 2.24) is 0 Å². The Balaban J connectivity index is 1.98. The van der Waals surface area contributed by atoms with Crippen LogP contribution in [0.4, 0.5) is 0 Å². The smallest absolute Gasteiger partial charge is 0.249 e. The zero-order valence-corrected chi connectivity index (χ0v) is 15.3. The summed E-state index contributed by atoms with van der Waals surface area (Å²) in [5.74, 6) is -0.663. The minimum Gasteiger partial charge on any atom is -0.366 e. The molecule has 1 unspecified atom stereocenters. The van der Waals surface area contributed by atoms with E-state index in [9.17, 15) is 19.2 Å². The van der Waals surface area contributed by atoms with E-state index < -0.39 is 5.91 Å². The summed E-state index contributed by atoms with van der Waals surface area (Å²) >= 11 is 0. The minimum atomic E-state index is -0.566. The van der Waals surface area contributed by atoms with Crippen LogP contribution in [0.25, 0.3) is 27.5 Å². The maximum atomic E-state index is 12.1. The molecular weight excluding hydrogens is 366 g/mol. The summed E-state index contributed by atoms with van der Waals surface area (Å²) < 4.78 is 0. The summed E-state index contributed by atoms with van der Waals surface area (Å²) in [5.41, 5.74) is 11.5. The zero-order chi connectivity index (χ0) is 20.3. The van der Waals surface area contributed by atoms with Crippen LogP contribution < -0.4 is 5.73 Å². The van der Waals surface area contributed by atoms with Gasteiger partial charge in [0.25, 0.3) is 0 Å². The van der Waals surface area contributed by atoms with E-state index in [-0.39, 0.29) is 5.92 Å². The molecule has 0 saturated heterocycles. The quantitative estimate of drug-likeness (QED) is 0.698. The fourth-order valence-electron chi connectivity index (χ4n) is 4.88. The lowest BCUT2D eigenvalue weighted by Gasteiger charge is -2.34. The molecule has 140 valence electrons. The number of benzene rings is 3. The van der Waals surface area contributed by atoms with Crippen molar-refractivity contribution in [3.8, 4) is 11.1 Å². The average molecular weight is 381 g/mol. The lowest BCUT2D eigenvalue weighted by molar-refractivity contribution is -0.112. The molecule has 2 N–H and O–H groups in total. The SMILES string of the molecule is NC(=O)C1=CCC2c3c(ccc(C=O)c31)-c1ccc(C=O)c3c(C=O)ccc2c13. The van der Waals surface area contributed by atoms with Crippen molar-refractivity contribution in [3.63, 3.8) is 0 Å². The molecule has 0 aliphatic heterocycles. The number of hydrogen-bond acceptors (Lipinski definition) is 4. The number of aldehydes is 3. The topological polar surface area (TPSA) is 94.3 Å². The number of fused-ring (bicyclic) bond motifs is 2. The van der Waals surface area contributed by atoms with Crippen molar-refractivity contribution >= 4 is 41.1 Å². The van der Waals surface area contributed by atoms with Crippen molar-refractivity contribution in [1.29, 1.82) is 0 Å². The van der Waals surface area contributed by atoms with Crippen molar-refractivity contribution in [3.05, 3.63) is 75.9 Å². The second-order valence-corrected chi connectivity index (χ2v) is 7.31. The van der Waals surface area contributed by atoms with Gasteiger partial charge in [-0.15, -0.1) is 0 Å². The van der Waals surface area contributed by atoms with Gasteiger partial charge in [0.1, 0.15) is 0 Å². The van der Waals surface area contributed by atoms with Crippen LogP contribution in [-0.2, 0) is 4.79 Å². The maximum Gasteiger partial charge on any atom is 0.249 e. The van der Waals surface area contributed by atoms with Gasteiger partial charge in [-0.05, 0) is 34.1 Å². The van der Waals surface area contributed by atoms with Crippen LogP contribution in [0, 0.1) is 0 Å². The molecule has 5 nitrogen and oxygen atoms in total. The van der Waals surface area contributed by atoms with Gasteiger partial charge in [-0.1, -0.05) is 42.5 Å². The molecule has 0 fully saturated rings. The number of nitrogens with two attached hydrogens (primary N) is 1. The molecule has 0 spiro atoms. The van der Waals surface area contributed by atoms with Gasteiger partial charge in [-0.3, -0.25) is 19.2 Å². The third-order valence-corrected chi connectivity index (χ3v) is 6.02. The molecule has 1 amide bonds. The van der Waals surface area contributed by atoms with E-state index in [1.54, 1.807) is 24.3 Å². The molecule has 1 atom stereocenters. The van der Waals surface area contributed by atoms with Crippen molar-refractivity contribution in [2.75, 3.05) is 0 Å². The predicted octanol–water partition coefficient (Wildman–Crippen LogP) is 3.66. The first-order valence-electron chi connectivity index (χ1n) is 9.23. The Morgan fingerprint density at radius 3 is 2.10 bits per heavy atom. The van der Waals surface area contributed by atoms with Crippen LogP contribution in [0.2, 0.25) is 0 Å². The first kappa shape index (κ1) is 17.3. The molecule has 0 saturated carbocycles. The summed E-state index contributed by atoms with van der Waals surface area (Å²) in [5, 5.41) is 1.51. The van der Waals surface area contributed by atoms with Gasteiger partial charge >= 0.3 is 0 Å². The Labute approximate surface area is 165 Å². The zero-order valence-electron chi connectivity index (χ0n) is 15.3. The Morgan fingerprint density at radius 1 is 0.828 bits per heavy atom. The van der Waals surface area contributed by atoms with Gasteiger partial charge in [0.05, 0.1) is 0 Å². The van der Waals surface area contributed by atoms with Crippen molar-refractivity contribution in [2.24, 2.45) is 5.73 Å². The van der Waals surface area contributed by atoms with E-state index in [1.807, 2.05) is 18.2 Å². The van der Waals surface area contributed by atoms with E-state index in [0.717, 1.165) is 46.5 Å². The molecule has 0 aromatic heterocycles. The van der Waals surface area contributed by atoms with Gasteiger partial charge in [0.15, 0.2) is 18.9 Å². The summed E-state index contributed by atoms with van der Waals surface area (Å²) in [6, 6.07) is 10.7. The first-order valence-corrected chi connectivity index (χ1v) is 9.23. The van der Waals surface area contributed by atoms with Crippen LogP contribution >= 0.6 is 0 Å². The number of carbonyl (C=O) groups is 4. The second-order valence-electron chi connectivity index (χ2n) is 7.31. The number of hydrogen-bond donors (Lipinski definition) is 1. The largest absolute Gasteiger partial charge is 0.366 e. The van der Waals surface area contributed by atoms with Gasteiger partial charge in [-0.2, -0.15) is 0 Å². The third kappa shape index (κ3) is 2.15. The van der Waals surface area contributed by atoms with Crippen LogP contribution in [-0.4, -0.2) is 24.8 Å². The molecule has 5 heteroatoms. The van der Waals surface area contributed by atoms with E-state index in [2.05, 4.69) is 0 Å². The highest BCUT2D eigenvalue weighted by Gasteiger charge is 2.35. The van der Waals surface area contributed by atoms with Crippen molar-refractivity contribution < 1.29 is 19.2 Å². The van der Waals surface area contributed by atoms with E-state index in [1.165, 1.54) is 0 Å². The standard InChI is InChI=1S/C24H15NO4/c25-24(29)19-8-7-18-16-5-2-13(10-27)20-12(9-26)1-4-15(22(16)20)17-6-3-14(11-28)21(19)23(17)18/h1-6,8-11,18H,7H2,(H2,25,29). The monoisotopic (exact) mass is 381 g/mol. The summed E-state index contributed by atoms with van der Waals surface area (Å²) in [6.45, 7) is 0. The highest BCUT2D eigenvalue weighted by Crippen LogP contribution is 2.52. The number of carbonyl (C=O) groups excluding carboxylic acids is 4. The molecule has 3 aromatic carbocycles. The van der Waals surface area contributed by atoms with Crippen molar-refractivity contribution in [2.45, 2.75) is 12.3 Å². The van der Waals surface area contributed by atoms with E-state index >= 15 is 0 Å². The number of allylic oxidation sites excluding steroid dienone is 1. The second kappa shape index (κ2) is 6.07. The fourth-order valence-corrected chi connectivity index (χ4v) is 4.88. The predicted molar refractivity (Wildman–Crippen MR) is 109 cm³/mol. The van der Waals surface area contributed by atoms with Gasteiger partial charge < -0.3 is 5.73 Å². The molecule has 29 heavy (non-hydrogen) atoms. The summed E-state index contributed by atoms with van der Waals surface area (Å²) in [4.78, 5) is 47.1. The Morgan fingerprint density at radius 2 is 1.45 bits per heavy atom. The fraction of sp³-hybridized carbons (Fsp3) is 0.0833. The molecule has 2 aliphatic rings. The van der Waals surface area contributed by atoms with Crippen LogP contribution in [0.15, 0.2) is 42.5 Å². The first-order chi connectivity index (χ1) is 14.1. The van der Waals surface area contributed by atoms with Crippen LogP contribution in [0.1, 0.15) is 60.1 Å². The third-order valence-electron chi connectivity index (χ3n) is 6.02. The molecular formula is C24H15NO4. The van der Waals surface area contributed by atoms with Gasteiger partial charge in [0, 0.05) is 39.1 Å². The molecule has 0 radical (unpaired) electrons. The summed E-state index contributed by atoms with van der Waals surface area (Å²) in [6.07, 6.45) is 4.59. The number of rotatable bonds is 4. The Kier molecular flexibility index (Phi) is 3.61. The lowest BCUT2D eigenvalue weighted by Crippen LogP contribution is -2.22.